The molecule has 15 atom stereocenters. The Hall–Kier alpha value is -0.580. The zero-order valence-corrected chi connectivity index (χ0v) is 28.1. The van der Waals surface area contributed by atoms with Gasteiger partial charge in [-0.3, -0.25) is 0 Å². The standard InChI is InChI=1S/C36H60O8/c1-31(2)16-21-20-8-9-24-33(4)12-11-25(38)34(5,19-43-30-29(42)28(41)27(40)22(18-37)44-30)23(33)10-13-36(24,7)35(20,6)15-14-32(21,3)26(39)17-31/h8,21-30,37-42H,9-19H2,1-7H3/t21-,22+,23+,24+,25?,26?,27+,28-,29+,30+,32+,33-,34+,35+,36+/m0/s1. The molecule has 8 nitrogen and oxygen atoms in total. The number of aliphatic hydroxyl groups excluding tert-OH is 6. The molecule has 0 bridgehead atoms. The Bertz CT molecular complexity index is 1140. The van der Waals surface area contributed by atoms with E-state index < -0.39 is 48.8 Å². The number of hydrogen-bond acceptors (Lipinski definition) is 8. The SMILES string of the molecule is CC1(C)CC(O)[C@]2(C)CC[C@]3(C)C(=CC[C@@H]4[C@@]5(C)CCC(O)[C@](C)(CO[C@@H]6O[C@H](CO)[C@@H](O)[C@H](O)[C@H]6O)[C@@H]5CC[C@]43C)[C@@H]2C1. The van der Waals surface area contributed by atoms with Crippen molar-refractivity contribution in [2.45, 2.75) is 149 Å². The van der Waals surface area contributed by atoms with Crippen LogP contribution in [0.3, 0.4) is 0 Å². The number of hydrogen-bond donors (Lipinski definition) is 6. The lowest BCUT2D eigenvalue weighted by atomic mass is 9.33. The molecule has 5 aliphatic carbocycles. The van der Waals surface area contributed by atoms with Gasteiger partial charge in [0.15, 0.2) is 6.29 Å². The van der Waals surface area contributed by atoms with E-state index in [1.807, 2.05) is 0 Å². The second-order valence-corrected chi connectivity index (χ2v) is 18.0. The van der Waals surface area contributed by atoms with Gasteiger partial charge in [0.25, 0.3) is 0 Å². The first-order valence-corrected chi connectivity index (χ1v) is 17.4. The molecule has 1 aliphatic heterocycles. The summed E-state index contributed by atoms with van der Waals surface area (Å²) in [5.41, 5.74) is 1.17. The molecule has 0 aromatic carbocycles. The number of allylic oxidation sites excluding steroid dienone is 2. The fourth-order valence-electron chi connectivity index (χ4n) is 12.2. The van der Waals surface area contributed by atoms with Crippen LogP contribution in [0.4, 0.5) is 0 Å². The Morgan fingerprint density at radius 2 is 1.48 bits per heavy atom. The minimum Gasteiger partial charge on any atom is -0.394 e. The molecule has 0 amide bonds. The first-order chi connectivity index (χ1) is 20.4. The molecule has 6 aliphatic rings. The van der Waals surface area contributed by atoms with Crippen LogP contribution in [0.2, 0.25) is 0 Å². The van der Waals surface area contributed by atoms with Crippen molar-refractivity contribution < 1.29 is 40.1 Å². The number of ether oxygens (including phenoxy) is 2. The van der Waals surface area contributed by atoms with Gasteiger partial charge in [-0.1, -0.05) is 60.1 Å². The second kappa shape index (κ2) is 10.7. The van der Waals surface area contributed by atoms with Crippen molar-refractivity contribution in [3.05, 3.63) is 11.6 Å². The average molecular weight is 621 g/mol. The zero-order chi connectivity index (χ0) is 32.3. The van der Waals surface area contributed by atoms with E-state index in [9.17, 15) is 30.6 Å². The van der Waals surface area contributed by atoms with Crippen molar-refractivity contribution in [2.24, 2.45) is 50.2 Å². The lowest BCUT2D eigenvalue weighted by Crippen LogP contribution is -2.66. The number of aliphatic hydroxyl groups is 6. The highest BCUT2D eigenvalue weighted by atomic mass is 16.7. The average Bonchev–Trinajstić information content (AvgIpc) is 2.95. The molecule has 1 saturated heterocycles. The maximum Gasteiger partial charge on any atom is 0.186 e. The van der Waals surface area contributed by atoms with Gasteiger partial charge in [-0.15, -0.1) is 0 Å². The minimum atomic E-state index is -1.49. The summed E-state index contributed by atoms with van der Waals surface area (Å²) in [6.45, 7) is 16.3. The summed E-state index contributed by atoms with van der Waals surface area (Å²) in [5, 5.41) is 63.8. The Morgan fingerprint density at radius 1 is 0.773 bits per heavy atom. The number of fused-ring (bicyclic) bond motifs is 7. The quantitative estimate of drug-likeness (QED) is 0.260. The third-order valence-electron chi connectivity index (χ3n) is 15.3. The van der Waals surface area contributed by atoms with Crippen LogP contribution in [-0.2, 0) is 9.47 Å². The minimum absolute atomic E-state index is 0.0309. The summed E-state index contributed by atoms with van der Waals surface area (Å²) in [6, 6.07) is 0. The molecule has 5 fully saturated rings. The van der Waals surface area contributed by atoms with Crippen LogP contribution >= 0.6 is 0 Å². The van der Waals surface area contributed by atoms with Gasteiger partial charge < -0.3 is 40.1 Å². The predicted molar refractivity (Wildman–Crippen MR) is 166 cm³/mol. The summed E-state index contributed by atoms with van der Waals surface area (Å²) in [7, 11) is 0. The third kappa shape index (κ3) is 4.52. The highest BCUT2D eigenvalue weighted by Gasteiger charge is 2.69. The summed E-state index contributed by atoms with van der Waals surface area (Å²) >= 11 is 0. The molecule has 0 aromatic heterocycles. The molecule has 0 aromatic rings. The van der Waals surface area contributed by atoms with Crippen molar-refractivity contribution in [3.63, 3.8) is 0 Å². The third-order valence-corrected chi connectivity index (χ3v) is 15.3. The molecular formula is C36H60O8. The predicted octanol–water partition coefficient (Wildman–Crippen LogP) is 3.94. The Kier molecular flexibility index (Phi) is 8.11. The lowest BCUT2D eigenvalue weighted by Gasteiger charge is -2.71. The second-order valence-electron chi connectivity index (χ2n) is 18.0. The molecule has 1 heterocycles. The van der Waals surface area contributed by atoms with Gasteiger partial charge in [-0.25, -0.2) is 0 Å². The fraction of sp³-hybridized carbons (Fsp3) is 0.944. The highest BCUT2D eigenvalue weighted by molar-refractivity contribution is 5.34. The zero-order valence-electron chi connectivity index (χ0n) is 28.1. The van der Waals surface area contributed by atoms with Crippen molar-refractivity contribution >= 4 is 0 Å². The van der Waals surface area contributed by atoms with Crippen LogP contribution in [0, 0.1) is 50.2 Å². The molecular weight excluding hydrogens is 560 g/mol. The normalized spacial score (nSPS) is 56.9. The Balaban J connectivity index is 1.29. The van der Waals surface area contributed by atoms with Crippen molar-refractivity contribution in [1.82, 2.24) is 0 Å². The highest BCUT2D eigenvalue weighted by Crippen LogP contribution is 2.75. The summed E-state index contributed by atoms with van der Waals surface area (Å²) in [6.07, 6.45) is 3.91. The van der Waals surface area contributed by atoms with Crippen molar-refractivity contribution in [2.75, 3.05) is 13.2 Å². The van der Waals surface area contributed by atoms with E-state index >= 15 is 0 Å². The monoisotopic (exact) mass is 620 g/mol. The maximum absolute atomic E-state index is 11.6. The van der Waals surface area contributed by atoms with E-state index in [0.717, 1.165) is 51.4 Å². The molecule has 0 radical (unpaired) electrons. The van der Waals surface area contributed by atoms with Crippen molar-refractivity contribution in [1.29, 1.82) is 0 Å². The van der Waals surface area contributed by atoms with Gasteiger partial charge >= 0.3 is 0 Å². The Morgan fingerprint density at radius 3 is 2.16 bits per heavy atom. The van der Waals surface area contributed by atoms with E-state index in [0.29, 0.717) is 18.3 Å². The fourth-order valence-corrected chi connectivity index (χ4v) is 12.2. The largest absolute Gasteiger partial charge is 0.394 e. The molecule has 44 heavy (non-hydrogen) atoms. The molecule has 6 rings (SSSR count). The van der Waals surface area contributed by atoms with Gasteiger partial charge in [-0.2, -0.15) is 0 Å². The van der Waals surface area contributed by atoms with E-state index in [1.54, 1.807) is 5.57 Å². The molecule has 2 unspecified atom stereocenters. The van der Waals surface area contributed by atoms with Gasteiger partial charge in [-0.05, 0) is 97.2 Å². The topological polar surface area (TPSA) is 140 Å². The van der Waals surface area contributed by atoms with Crippen LogP contribution in [0.5, 0.6) is 0 Å². The smallest absolute Gasteiger partial charge is 0.186 e. The van der Waals surface area contributed by atoms with E-state index in [1.165, 1.54) is 0 Å². The lowest BCUT2D eigenvalue weighted by molar-refractivity contribution is -0.315. The van der Waals surface area contributed by atoms with Gasteiger partial charge in [0.05, 0.1) is 25.4 Å². The summed E-state index contributed by atoms with van der Waals surface area (Å²) in [4.78, 5) is 0. The molecule has 8 heteroatoms. The number of rotatable bonds is 4. The summed E-state index contributed by atoms with van der Waals surface area (Å²) < 4.78 is 11.8. The van der Waals surface area contributed by atoms with Crippen LogP contribution < -0.4 is 0 Å². The Labute approximate surface area is 264 Å². The molecule has 4 saturated carbocycles. The summed E-state index contributed by atoms with van der Waals surface area (Å²) in [5.74, 6) is 1.02. The van der Waals surface area contributed by atoms with Crippen LogP contribution in [0.15, 0.2) is 11.6 Å². The van der Waals surface area contributed by atoms with Gasteiger partial charge in [0, 0.05) is 10.8 Å². The first kappa shape index (κ1) is 33.3. The molecule has 252 valence electrons. The first-order valence-electron chi connectivity index (χ1n) is 17.4. The van der Waals surface area contributed by atoms with E-state index in [4.69, 9.17) is 9.47 Å². The van der Waals surface area contributed by atoms with Crippen LogP contribution in [0.1, 0.15) is 106 Å². The van der Waals surface area contributed by atoms with Crippen molar-refractivity contribution in [3.8, 4) is 0 Å². The molecule has 0 spiro atoms. The molecule has 6 N–H and O–H groups in total. The van der Waals surface area contributed by atoms with E-state index in [-0.39, 0.29) is 45.7 Å². The van der Waals surface area contributed by atoms with E-state index in [2.05, 4.69) is 54.5 Å². The van der Waals surface area contributed by atoms with Gasteiger partial charge in [0.2, 0.25) is 0 Å². The maximum atomic E-state index is 11.6. The van der Waals surface area contributed by atoms with Gasteiger partial charge in [0.1, 0.15) is 24.4 Å². The van der Waals surface area contributed by atoms with Crippen LogP contribution in [0.25, 0.3) is 0 Å². The van der Waals surface area contributed by atoms with Crippen LogP contribution in [-0.4, -0.2) is 86.8 Å².